The number of piperidine rings is 1. The molecule has 29 heavy (non-hydrogen) atoms. The van der Waals surface area contributed by atoms with E-state index in [1.165, 1.54) is 11.8 Å². The van der Waals surface area contributed by atoms with Crippen LogP contribution >= 0.6 is 11.8 Å². The van der Waals surface area contributed by atoms with Crippen molar-refractivity contribution in [1.82, 2.24) is 10.2 Å². The minimum Gasteiger partial charge on any atom is -0.481 e. The number of nitrogens with zero attached hydrogens (tertiary/aromatic N) is 1. The number of carboxylic acid groups (broad SMARTS) is 1. The van der Waals surface area contributed by atoms with E-state index in [1.54, 1.807) is 18.2 Å². The molecule has 154 valence electrons. The van der Waals surface area contributed by atoms with Crippen LogP contribution in [0.2, 0.25) is 0 Å². The van der Waals surface area contributed by atoms with E-state index in [4.69, 9.17) is 9.84 Å². The maximum absolute atomic E-state index is 12.9. The third-order valence-electron chi connectivity index (χ3n) is 4.59. The number of hydrogen-bond donors (Lipinski definition) is 2. The maximum atomic E-state index is 12.9. The predicted octanol–water partition coefficient (Wildman–Crippen LogP) is 1.06. The molecule has 1 aromatic carbocycles. The summed E-state index contributed by atoms with van der Waals surface area (Å²) in [4.78, 5) is 61.2. The molecule has 4 amide bonds. The predicted molar refractivity (Wildman–Crippen MR) is 102 cm³/mol. The summed E-state index contributed by atoms with van der Waals surface area (Å²) in [6, 6.07) is 3.96. The SMILES string of the molecule is O=C(O)CCCOCCSc1cccc2c1C(=O)N(C1CCC(=O)NC1=O)C2=O. The summed E-state index contributed by atoms with van der Waals surface area (Å²) >= 11 is 1.35. The number of carbonyl (C=O) groups excluding carboxylic acids is 4. The molecule has 1 aromatic rings. The maximum Gasteiger partial charge on any atom is 0.303 e. The van der Waals surface area contributed by atoms with Gasteiger partial charge in [-0.05, 0) is 25.0 Å². The highest BCUT2D eigenvalue weighted by Crippen LogP contribution is 2.34. The first kappa shape index (κ1) is 21.0. The van der Waals surface area contributed by atoms with E-state index in [9.17, 15) is 24.0 Å². The number of ether oxygens (including phenoxy) is 1. The molecule has 1 unspecified atom stereocenters. The zero-order valence-corrected chi connectivity index (χ0v) is 16.3. The van der Waals surface area contributed by atoms with Gasteiger partial charge in [-0.25, -0.2) is 0 Å². The Balaban J connectivity index is 1.63. The van der Waals surface area contributed by atoms with Crippen molar-refractivity contribution in [3.8, 4) is 0 Å². The molecule has 1 atom stereocenters. The first-order valence-corrected chi connectivity index (χ1v) is 10.2. The van der Waals surface area contributed by atoms with Crippen molar-refractivity contribution in [2.24, 2.45) is 0 Å². The number of nitrogens with one attached hydrogen (secondary N) is 1. The van der Waals surface area contributed by atoms with Crippen molar-refractivity contribution < 1.29 is 33.8 Å². The van der Waals surface area contributed by atoms with Gasteiger partial charge < -0.3 is 9.84 Å². The van der Waals surface area contributed by atoms with E-state index >= 15 is 0 Å². The third kappa shape index (κ3) is 4.65. The topological polar surface area (TPSA) is 130 Å². The zero-order chi connectivity index (χ0) is 21.0. The summed E-state index contributed by atoms with van der Waals surface area (Å²) in [5.74, 6) is -2.48. The van der Waals surface area contributed by atoms with Crippen LogP contribution in [0.1, 0.15) is 46.4 Å². The summed E-state index contributed by atoms with van der Waals surface area (Å²) in [5.41, 5.74) is 0.505. The Bertz CT molecular complexity index is 870. The number of rotatable bonds is 9. The number of hydrogen-bond acceptors (Lipinski definition) is 7. The number of carbonyl (C=O) groups is 5. The molecular weight excluding hydrogens is 400 g/mol. The average molecular weight is 420 g/mol. The van der Waals surface area contributed by atoms with Gasteiger partial charge in [0.25, 0.3) is 11.8 Å². The minimum atomic E-state index is -0.990. The Morgan fingerprint density at radius 3 is 2.72 bits per heavy atom. The van der Waals surface area contributed by atoms with Crippen molar-refractivity contribution in [3.63, 3.8) is 0 Å². The highest BCUT2D eigenvalue weighted by molar-refractivity contribution is 7.99. The lowest BCUT2D eigenvalue weighted by Crippen LogP contribution is -2.54. The fourth-order valence-electron chi connectivity index (χ4n) is 3.24. The monoisotopic (exact) mass is 420 g/mol. The van der Waals surface area contributed by atoms with E-state index in [-0.39, 0.29) is 30.4 Å². The number of benzene rings is 1. The van der Waals surface area contributed by atoms with Crippen molar-refractivity contribution in [3.05, 3.63) is 29.3 Å². The number of amides is 4. The van der Waals surface area contributed by atoms with Crippen molar-refractivity contribution in [2.45, 2.75) is 36.6 Å². The summed E-state index contributed by atoms with van der Waals surface area (Å²) in [6.45, 7) is 0.702. The number of carboxylic acids is 1. The first-order chi connectivity index (χ1) is 13.9. The van der Waals surface area contributed by atoms with E-state index in [2.05, 4.69) is 5.32 Å². The fraction of sp³-hybridized carbons (Fsp3) is 0.421. The van der Waals surface area contributed by atoms with E-state index in [0.29, 0.717) is 30.3 Å². The van der Waals surface area contributed by atoms with E-state index in [1.807, 2.05) is 0 Å². The van der Waals surface area contributed by atoms with Gasteiger partial charge in [-0.15, -0.1) is 11.8 Å². The second-order valence-electron chi connectivity index (χ2n) is 6.58. The highest BCUT2D eigenvalue weighted by Gasteiger charge is 2.45. The quantitative estimate of drug-likeness (QED) is 0.345. The van der Waals surface area contributed by atoms with Crippen LogP contribution in [0.3, 0.4) is 0 Å². The Morgan fingerprint density at radius 1 is 1.21 bits per heavy atom. The summed E-state index contributed by atoms with van der Waals surface area (Å²) in [6.07, 6.45) is 0.661. The van der Waals surface area contributed by atoms with Crippen LogP contribution in [-0.2, 0) is 19.1 Å². The summed E-state index contributed by atoms with van der Waals surface area (Å²) < 4.78 is 5.38. The summed E-state index contributed by atoms with van der Waals surface area (Å²) in [5, 5.41) is 10.8. The Labute approximate surface area is 170 Å². The fourth-order valence-corrected chi connectivity index (χ4v) is 4.18. The molecule has 1 saturated heterocycles. The molecule has 3 rings (SSSR count). The van der Waals surface area contributed by atoms with Crippen LogP contribution in [0, 0.1) is 0 Å². The number of imide groups is 2. The number of aliphatic carboxylic acids is 1. The van der Waals surface area contributed by atoms with Crippen molar-refractivity contribution in [1.29, 1.82) is 0 Å². The molecule has 0 bridgehead atoms. The molecule has 10 heteroatoms. The molecule has 2 aliphatic rings. The smallest absolute Gasteiger partial charge is 0.303 e. The van der Waals surface area contributed by atoms with Gasteiger partial charge in [-0.1, -0.05) is 6.07 Å². The lowest BCUT2D eigenvalue weighted by Gasteiger charge is -2.27. The van der Waals surface area contributed by atoms with Gasteiger partial charge in [0.05, 0.1) is 17.7 Å². The average Bonchev–Trinajstić information content (AvgIpc) is 2.92. The number of thioether (sulfide) groups is 1. The minimum absolute atomic E-state index is 0.0477. The molecule has 2 aliphatic heterocycles. The van der Waals surface area contributed by atoms with E-state index < -0.39 is 35.6 Å². The van der Waals surface area contributed by atoms with Crippen LogP contribution < -0.4 is 5.32 Å². The van der Waals surface area contributed by atoms with Crippen molar-refractivity contribution in [2.75, 3.05) is 19.0 Å². The van der Waals surface area contributed by atoms with Gasteiger partial charge in [0, 0.05) is 30.1 Å². The molecule has 1 fully saturated rings. The summed E-state index contributed by atoms with van der Waals surface area (Å²) in [7, 11) is 0. The van der Waals surface area contributed by atoms with E-state index in [0.717, 1.165) is 4.90 Å². The molecule has 9 nitrogen and oxygen atoms in total. The Morgan fingerprint density at radius 2 is 2.00 bits per heavy atom. The van der Waals surface area contributed by atoms with Crippen LogP contribution in [0.25, 0.3) is 0 Å². The standard InChI is InChI=1S/C19H20N2O7S/c22-14-7-6-12(17(25)20-14)21-18(26)11-3-1-4-13(16(11)19(21)27)29-10-9-28-8-2-5-15(23)24/h1,3-4,12H,2,5-10H2,(H,23,24)(H,20,22,25). The lowest BCUT2D eigenvalue weighted by atomic mass is 10.0. The van der Waals surface area contributed by atoms with Gasteiger partial charge in [0.15, 0.2) is 0 Å². The van der Waals surface area contributed by atoms with Gasteiger partial charge in [0.1, 0.15) is 6.04 Å². The largest absolute Gasteiger partial charge is 0.481 e. The third-order valence-corrected chi connectivity index (χ3v) is 5.62. The Kier molecular flexibility index (Phi) is 6.65. The molecule has 2 N–H and O–H groups in total. The molecule has 0 saturated carbocycles. The van der Waals surface area contributed by atoms with Crippen LogP contribution in [-0.4, -0.2) is 64.6 Å². The zero-order valence-electron chi connectivity index (χ0n) is 15.5. The number of fused-ring (bicyclic) bond motifs is 1. The molecule has 0 radical (unpaired) electrons. The molecule has 0 aliphatic carbocycles. The van der Waals surface area contributed by atoms with Crippen molar-refractivity contribution >= 4 is 41.4 Å². The highest BCUT2D eigenvalue weighted by atomic mass is 32.2. The van der Waals surface area contributed by atoms with Gasteiger partial charge in [-0.2, -0.15) is 0 Å². The van der Waals surface area contributed by atoms with Crippen LogP contribution in [0.4, 0.5) is 0 Å². The van der Waals surface area contributed by atoms with Crippen LogP contribution in [0.15, 0.2) is 23.1 Å². The first-order valence-electron chi connectivity index (χ1n) is 9.17. The molecule has 2 heterocycles. The second-order valence-corrected chi connectivity index (χ2v) is 7.72. The van der Waals surface area contributed by atoms with Gasteiger partial charge in [0.2, 0.25) is 11.8 Å². The van der Waals surface area contributed by atoms with Crippen LogP contribution in [0.5, 0.6) is 0 Å². The Hall–Kier alpha value is -2.72. The van der Waals surface area contributed by atoms with Gasteiger partial charge >= 0.3 is 5.97 Å². The molecule has 0 spiro atoms. The second kappa shape index (κ2) is 9.19. The molecular formula is C19H20N2O7S. The lowest BCUT2D eigenvalue weighted by molar-refractivity contribution is -0.138. The van der Waals surface area contributed by atoms with Gasteiger partial charge in [-0.3, -0.25) is 34.2 Å². The molecule has 0 aromatic heterocycles. The normalized spacial score (nSPS) is 18.8.